The number of carboxylic acid groups (broad SMARTS) is 2. The number of rotatable bonds is 12. The minimum Gasteiger partial charge on any atom is -0.481 e. The molecule has 0 aromatic rings. The first-order valence-electron chi connectivity index (χ1n) is 7.59. The molecule has 0 saturated carbocycles. The van der Waals surface area contributed by atoms with Gasteiger partial charge in [-0.2, -0.15) is 0 Å². The fraction of sp³-hybridized carbons (Fsp3) is 0.733. The maximum atomic E-state index is 12.0. The summed E-state index contributed by atoms with van der Waals surface area (Å²) in [4.78, 5) is 31.3. The number of unbranched alkanes of at least 4 members (excludes halogenated alkanes) is 4. The van der Waals surface area contributed by atoms with Crippen molar-refractivity contribution >= 4 is 19.3 Å². The summed E-state index contributed by atoms with van der Waals surface area (Å²) in [6, 6.07) is 0. The Kier molecular flexibility index (Phi) is 10.0. The van der Waals surface area contributed by atoms with Crippen molar-refractivity contribution in [3.05, 3.63) is 11.6 Å². The van der Waals surface area contributed by atoms with E-state index in [9.17, 15) is 19.0 Å². The van der Waals surface area contributed by atoms with Crippen molar-refractivity contribution < 1.29 is 29.3 Å². The van der Waals surface area contributed by atoms with Crippen molar-refractivity contribution in [2.45, 2.75) is 52.4 Å². The molecule has 3 N–H and O–H groups in total. The molecule has 0 fully saturated rings. The van der Waals surface area contributed by atoms with Gasteiger partial charge in [-0.25, -0.2) is 4.79 Å². The van der Waals surface area contributed by atoms with Gasteiger partial charge in [-0.3, -0.25) is 9.36 Å². The molecule has 0 aliphatic heterocycles. The van der Waals surface area contributed by atoms with Gasteiger partial charge in [0.25, 0.3) is 0 Å². The fourth-order valence-corrected chi connectivity index (χ4v) is 4.24. The highest BCUT2D eigenvalue weighted by atomic mass is 31.2. The maximum Gasteiger partial charge on any atom is 0.331 e. The number of carbonyl (C=O) groups is 2. The second-order valence-corrected chi connectivity index (χ2v) is 8.34. The van der Waals surface area contributed by atoms with Gasteiger partial charge in [0.05, 0.1) is 6.16 Å². The Morgan fingerprint density at radius 1 is 1.09 bits per heavy atom. The van der Waals surface area contributed by atoms with E-state index in [2.05, 4.69) is 0 Å². The summed E-state index contributed by atoms with van der Waals surface area (Å²) in [7, 11) is -3.45. The molecule has 0 rings (SSSR count). The molecule has 6 nitrogen and oxygen atoms in total. The monoisotopic (exact) mass is 334 g/mol. The number of hydrogen-bond donors (Lipinski definition) is 3. The van der Waals surface area contributed by atoms with Crippen molar-refractivity contribution in [1.82, 2.24) is 0 Å². The lowest BCUT2D eigenvalue weighted by Gasteiger charge is -2.14. The molecule has 0 heterocycles. The van der Waals surface area contributed by atoms with Crippen LogP contribution in [0, 0.1) is 5.92 Å². The Labute approximate surface area is 131 Å². The highest BCUT2D eigenvalue weighted by Crippen LogP contribution is 2.44. The SMILES string of the molecule is CC(C)CP(=O)(O)CC(=CCCCCCCC(=O)O)C(=O)O. The van der Waals surface area contributed by atoms with Crippen molar-refractivity contribution in [3.8, 4) is 0 Å². The average molecular weight is 334 g/mol. The Morgan fingerprint density at radius 3 is 2.18 bits per heavy atom. The van der Waals surface area contributed by atoms with Crippen molar-refractivity contribution in [1.29, 1.82) is 0 Å². The Balaban J connectivity index is 4.25. The minimum atomic E-state index is -3.45. The average Bonchev–Trinajstić information content (AvgIpc) is 2.33. The summed E-state index contributed by atoms with van der Waals surface area (Å²) in [6.45, 7) is 3.65. The molecule has 7 heteroatoms. The Bertz CT molecular complexity index is 441. The molecule has 0 aromatic carbocycles. The number of aliphatic carboxylic acids is 2. The molecule has 0 saturated heterocycles. The van der Waals surface area contributed by atoms with Crippen LogP contribution in [0.5, 0.6) is 0 Å². The molecule has 0 aliphatic carbocycles. The molecule has 0 bridgehead atoms. The minimum absolute atomic E-state index is 0.00276. The summed E-state index contributed by atoms with van der Waals surface area (Å²) in [5, 5.41) is 17.6. The van der Waals surface area contributed by atoms with Crippen molar-refractivity contribution in [2.24, 2.45) is 5.92 Å². The van der Waals surface area contributed by atoms with E-state index < -0.39 is 19.3 Å². The van der Waals surface area contributed by atoms with Gasteiger partial charge in [0, 0.05) is 18.2 Å². The zero-order chi connectivity index (χ0) is 17.2. The highest BCUT2D eigenvalue weighted by Gasteiger charge is 2.24. The topological polar surface area (TPSA) is 112 Å². The standard InChI is InChI=1S/C15H27O6P/c1-12(2)10-22(20,21)11-13(15(18)19)8-6-4-3-5-7-9-14(16)17/h8,12H,3-7,9-11H2,1-2H3,(H,16,17)(H,18,19)(H,20,21). The van der Waals surface area contributed by atoms with Crippen LogP contribution in [0.1, 0.15) is 52.4 Å². The first-order valence-corrected chi connectivity index (χ1v) is 9.62. The molecule has 1 unspecified atom stereocenters. The second-order valence-electron chi connectivity index (χ2n) is 5.96. The van der Waals surface area contributed by atoms with E-state index in [1.807, 2.05) is 13.8 Å². The van der Waals surface area contributed by atoms with Gasteiger partial charge in [-0.1, -0.05) is 32.8 Å². The fourth-order valence-electron chi connectivity index (χ4n) is 2.17. The molecule has 0 radical (unpaired) electrons. The molecular weight excluding hydrogens is 307 g/mol. The summed E-state index contributed by atoms with van der Waals surface area (Å²) in [6.07, 6.45) is 4.99. The summed E-state index contributed by atoms with van der Waals surface area (Å²) in [5.74, 6) is -1.92. The van der Waals surface area contributed by atoms with Crippen LogP contribution >= 0.6 is 7.37 Å². The number of carboxylic acids is 2. The van der Waals surface area contributed by atoms with E-state index in [1.165, 1.54) is 6.08 Å². The quantitative estimate of drug-likeness (QED) is 0.287. The first-order chi connectivity index (χ1) is 10.1. The van der Waals surface area contributed by atoms with Crippen LogP contribution in [0.25, 0.3) is 0 Å². The predicted octanol–water partition coefficient (Wildman–Crippen LogP) is 3.35. The lowest BCUT2D eigenvalue weighted by atomic mass is 10.1. The van der Waals surface area contributed by atoms with Crippen molar-refractivity contribution in [3.63, 3.8) is 0 Å². The van der Waals surface area contributed by atoms with E-state index in [0.29, 0.717) is 12.8 Å². The normalized spacial score (nSPS) is 14.8. The molecule has 1 atom stereocenters. The van der Waals surface area contributed by atoms with E-state index in [0.717, 1.165) is 19.3 Å². The van der Waals surface area contributed by atoms with Gasteiger partial charge in [0.15, 0.2) is 0 Å². The lowest BCUT2D eigenvalue weighted by Crippen LogP contribution is -2.09. The highest BCUT2D eigenvalue weighted by molar-refractivity contribution is 7.58. The van der Waals surface area contributed by atoms with Gasteiger partial charge in [-0.05, 0) is 25.2 Å². The van der Waals surface area contributed by atoms with Crippen LogP contribution in [-0.2, 0) is 14.2 Å². The van der Waals surface area contributed by atoms with Gasteiger partial charge in [0.1, 0.15) is 0 Å². The second kappa shape index (κ2) is 10.6. The molecule has 128 valence electrons. The van der Waals surface area contributed by atoms with Gasteiger partial charge >= 0.3 is 11.9 Å². The van der Waals surface area contributed by atoms with Crippen LogP contribution in [0.3, 0.4) is 0 Å². The Morgan fingerprint density at radius 2 is 1.68 bits per heavy atom. The van der Waals surface area contributed by atoms with Crippen LogP contribution in [-0.4, -0.2) is 39.4 Å². The zero-order valence-corrected chi connectivity index (χ0v) is 14.2. The van der Waals surface area contributed by atoms with E-state index in [-0.39, 0.29) is 30.2 Å². The Hall–Kier alpha value is -1.13. The smallest absolute Gasteiger partial charge is 0.331 e. The third-order valence-electron chi connectivity index (χ3n) is 3.08. The third kappa shape index (κ3) is 11.5. The van der Waals surface area contributed by atoms with E-state index in [4.69, 9.17) is 10.2 Å². The van der Waals surface area contributed by atoms with Gasteiger partial charge < -0.3 is 15.1 Å². The number of allylic oxidation sites excluding steroid dienone is 1. The lowest BCUT2D eigenvalue weighted by molar-refractivity contribution is -0.137. The van der Waals surface area contributed by atoms with E-state index >= 15 is 0 Å². The van der Waals surface area contributed by atoms with Crippen molar-refractivity contribution in [2.75, 3.05) is 12.3 Å². The third-order valence-corrected chi connectivity index (χ3v) is 5.21. The molecule has 0 spiro atoms. The van der Waals surface area contributed by atoms with Gasteiger partial charge in [0.2, 0.25) is 7.37 Å². The summed E-state index contributed by atoms with van der Waals surface area (Å²) < 4.78 is 12.0. The largest absolute Gasteiger partial charge is 0.481 e. The first kappa shape index (κ1) is 20.9. The molecule has 22 heavy (non-hydrogen) atoms. The van der Waals surface area contributed by atoms with Gasteiger partial charge in [-0.15, -0.1) is 0 Å². The zero-order valence-electron chi connectivity index (χ0n) is 13.3. The molecule has 0 aliphatic rings. The van der Waals surface area contributed by atoms with Crippen LogP contribution in [0.4, 0.5) is 0 Å². The predicted molar refractivity (Wildman–Crippen MR) is 85.5 cm³/mol. The van der Waals surface area contributed by atoms with Crippen LogP contribution < -0.4 is 0 Å². The molecule has 0 amide bonds. The van der Waals surface area contributed by atoms with Crippen LogP contribution in [0.2, 0.25) is 0 Å². The molecular formula is C15H27O6P. The van der Waals surface area contributed by atoms with E-state index in [1.54, 1.807) is 0 Å². The van der Waals surface area contributed by atoms with Crippen LogP contribution in [0.15, 0.2) is 11.6 Å². The summed E-state index contributed by atoms with van der Waals surface area (Å²) in [5.41, 5.74) is -0.00276. The molecule has 0 aromatic heterocycles. The summed E-state index contributed by atoms with van der Waals surface area (Å²) >= 11 is 0. The maximum absolute atomic E-state index is 12.0. The number of hydrogen-bond acceptors (Lipinski definition) is 3.